The smallest absolute Gasteiger partial charge is 0.545 e. The summed E-state index contributed by atoms with van der Waals surface area (Å²) in [4.78, 5) is 37.9. The van der Waals surface area contributed by atoms with Crippen molar-refractivity contribution in [2.75, 3.05) is 0 Å². The Hall–Kier alpha value is -1.84. The zero-order chi connectivity index (χ0) is 20.0. The van der Waals surface area contributed by atoms with Gasteiger partial charge in [0.2, 0.25) is 0 Å². The molecule has 0 amide bonds. The van der Waals surface area contributed by atoms with Gasteiger partial charge in [-0.25, -0.2) is 9.59 Å². The Morgan fingerprint density at radius 3 is 1.04 bits per heavy atom. The van der Waals surface area contributed by atoms with E-state index in [4.69, 9.17) is 10.2 Å². The summed E-state index contributed by atoms with van der Waals surface area (Å²) in [5.41, 5.74) is 0. The summed E-state index contributed by atoms with van der Waals surface area (Å²) in [7, 11) is 0. The van der Waals surface area contributed by atoms with E-state index in [1.165, 1.54) is 12.8 Å². The van der Waals surface area contributed by atoms with E-state index in [-0.39, 0.29) is 23.9 Å². The SMILES string of the molecule is O=C(O)/C=C/C(=O)O.O=C([O-])/C=C/C(=O)[O-].[CH2]CCC.[CH2]CCC.[Sn+2]. The molecule has 0 spiro atoms. The van der Waals surface area contributed by atoms with Gasteiger partial charge in [-0.05, 0) is 12.2 Å². The van der Waals surface area contributed by atoms with Gasteiger partial charge in [0.05, 0.1) is 11.9 Å². The minimum Gasteiger partial charge on any atom is -0.545 e. The number of carboxylic acid groups (broad SMARTS) is 4. The molecule has 25 heavy (non-hydrogen) atoms. The van der Waals surface area contributed by atoms with E-state index < -0.39 is 23.9 Å². The summed E-state index contributed by atoms with van der Waals surface area (Å²) >= 11 is 0. The maximum Gasteiger partial charge on any atom is 2.00 e. The Bertz CT molecular complexity index is 329. The third kappa shape index (κ3) is 87.3. The van der Waals surface area contributed by atoms with Gasteiger partial charge in [-0.15, -0.1) is 0 Å². The molecule has 0 aromatic carbocycles. The maximum absolute atomic E-state index is 9.55. The number of hydrogen-bond donors (Lipinski definition) is 2. The normalized spacial score (nSPS) is 8.48. The second-order valence-corrected chi connectivity index (χ2v) is 3.69. The van der Waals surface area contributed by atoms with Gasteiger partial charge in [0.25, 0.3) is 0 Å². The fraction of sp³-hybridized carbons (Fsp3) is 0.375. The molecule has 0 aromatic heterocycles. The molecule has 0 aliphatic rings. The zero-order valence-electron chi connectivity index (χ0n) is 14.4. The molecule has 0 saturated carbocycles. The van der Waals surface area contributed by atoms with Crippen LogP contribution in [0.4, 0.5) is 0 Å². The van der Waals surface area contributed by atoms with Crippen LogP contribution in [0.25, 0.3) is 0 Å². The van der Waals surface area contributed by atoms with E-state index in [1.807, 2.05) is 0 Å². The predicted octanol–water partition coefficient (Wildman–Crippen LogP) is -0.385. The van der Waals surface area contributed by atoms with Gasteiger partial charge < -0.3 is 30.0 Å². The largest absolute Gasteiger partial charge is 2.00 e. The van der Waals surface area contributed by atoms with E-state index in [9.17, 15) is 29.4 Å². The van der Waals surface area contributed by atoms with E-state index in [0.717, 1.165) is 12.8 Å². The molecule has 0 bridgehead atoms. The van der Waals surface area contributed by atoms with Crippen molar-refractivity contribution < 1.29 is 39.6 Å². The second-order valence-electron chi connectivity index (χ2n) is 3.69. The maximum atomic E-state index is 9.55. The van der Waals surface area contributed by atoms with Crippen LogP contribution in [0.15, 0.2) is 24.3 Å². The Morgan fingerprint density at radius 2 is 0.960 bits per heavy atom. The minimum absolute atomic E-state index is 0. The first kappa shape index (κ1) is 34.5. The molecule has 4 radical (unpaired) electrons. The molecule has 8 nitrogen and oxygen atoms in total. The number of carboxylic acids is 4. The summed E-state index contributed by atoms with van der Waals surface area (Å²) in [5, 5.41) is 34.5. The molecule has 0 unspecified atom stereocenters. The van der Waals surface area contributed by atoms with Gasteiger partial charge in [0.1, 0.15) is 0 Å². The van der Waals surface area contributed by atoms with Gasteiger partial charge in [-0.1, -0.05) is 53.4 Å². The van der Waals surface area contributed by atoms with E-state index in [2.05, 4.69) is 27.7 Å². The predicted molar refractivity (Wildman–Crippen MR) is 89.8 cm³/mol. The summed E-state index contributed by atoms with van der Waals surface area (Å²) in [6.45, 7) is 11.4. The Kier molecular flexibility index (Phi) is 41.5. The van der Waals surface area contributed by atoms with Crippen molar-refractivity contribution in [3.05, 3.63) is 38.2 Å². The first-order valence-electron chi connectivity index (χ1n) is 6.91. The molecule has 0 rings (SSSR count). The number of rotatable bonds is 6. The van der Waals surface area contributed by atoms with Crippen molar-refractivity contribution in [2.45, 2.75) is 39.5 Å². The quantitative estimate of drug-likeness (QED) is 0.399. The van der Waals surface area contributed by atoms with E-state index >= 15 is 0 Å². The zero-order valence-corrected chi connectivity index (χ0v) is 17.3. The van der Waals surface area contributed by atoms with Crippen LogP contribution in [0.2, 0.25) is 0 Å². The third-order valence-electron chi connectivity index (χ3n) is 1.43. The average molecular weight is 463 g/mol. The van der Waals surface area contributed by atoms with Crippen LogP contribution >= 0.6 is 0 Å². The van der Waals surface area contributed by atoms with Crippen molar-refractivity contribution >= 4 is 47.8 Å². The molecule has 0 aromatic rings. The van der Waals surface area contributed by atoms with Crippen molar-refractivity contribution in [2.24, 2.45) is 0 Å². The Morgan fingerprint density at radius 1 is 0.760 bits per heavy atom. The van der Waals surface area contributed by atoms with Crippen molar-refractivity contribution in [3.8, 4) is 0 Å². The van der Waals surface area contributed by atoms with Gasteiger partial charge >= 0.3 is 35.8 Å². The standard InChI is InChI=1S/2C4H4O4.2C4H9.Sn/c2*5-3(6)1-2-4(7)8;2*1-3-4-2;/h2*1-2H,(H,5,6)(H,7,8);2*1,3-4H2,2H3;/q;;;;+2/p-2/b2*2-1+;;;. The van der Waals surface area contributed by atoms with Crippen molar-refractivity contribution in [1.29, 1.82) is 0 Å². The topological polar surface area (TPSA) is 155 Å². The number of carbonyl (C=O) groups excluding carboxylic acids is 2. The minimum atomic E-state index is -1.55. The number of unbranched alkanes of at least 4 members (excludes halogenated alkanes) is 2. The van der Waals surface area contributed by atoms with Crippen LogP contribution in [0, 0.1) is 13.8 Å². The second kappa shape index (κ2) is 30.1. The van der Waals surface area contributed by atoms with Crippen LogP contribution in [0.5, 0.6) is 0 Å². The Balaban J connectivity index is -0.0000000739. The number of carbonyl (C=O) groups is 4. The monoisotopic (exact) mass is 464 g/mol. The number of hydrogen-bond acceptors (Lipinski definition) is 6. The summed E-state index contributed by atoms with van der Waals surface area (Å²) < 4.78 is 0. The van der Waals surface area contributed by atoms with Crippen LogP contribution in [0.1, 0.15) is 39.5 Å². The van der Waals surface area contributed by atoms with Crippen molar-refractivity contribution in [3.63, 3.8) is 0 Å². The van der Waals surface area contributed by atoms with E-state index in [1.54, 1.807) is 0 Å². The molecule has 0 heterocycles. The molecular weight excluding hydrogens is 439 g/mol. The molecule has 0 fully saturated rings. The molecule has 0 atom stereocenters. The molecule has 0 saturated heterocycles. The summed E-state index contributed by atoms with van der Waals surface area (Å²) in [6.07, 6.45) is 6.44. The molecule has 9 heteroatoms. The van der Waals surface area contributed by atoms with Crippen LogP contribution in [-0.4, -0.2) is 58.0 Å². The molecule has 140 valence electrons. The van der Waals surface area contributed by atoms with Gasteiger partial charge in [0.15, 0.2) is 0 Å². The fourth-order valence-electron chi connectivity index (χ4n) is 0.279. The molecule has 0 aliphatic heterocycles. The van der Waals surface area contributed by atoms with Gasteiger partial charge in [-0.2, -0.15) is 0 Å². The first-order chi connectivity index (χ1) is 11.1. The molecule has 0 aliphatic carbocycles. The Labute approximate surface area is 165 Å². The first-order valence-corrected chi connectivity index (χ1v) is 6.91. The van der Waals surface area contributed by atoms with Gasteiger partial charge in [0, 0.05) is 12.2 Å². The molecule has 2 N–H and O–H groups in total. The fourth-order valence-corrected chi connectivity index (χ4v) is 0.279. The average Bonchev–Trinajstić information content (AvgIpc) is 2.52. The van der Waals surface area contributed by atoms with Crippen molar-refractivity contribution in [1.82, 2.24) is 0 Å². The third-order valence-corrected chi connectivity index (χ3v) is 1.43. The summed E-state index contributed by atoms with van der Waals surface area (Å²) in [5.74, 6) is -5.61. The van der Waals surface area contributed by atoms with Gasteiger partial charge in [-0.3, -0.25) is 0 Å². The van der Waals surface area contributed by atoms with Crippen LogP contribution in [-0.2, 0) is 19.2 Å². The molecular formula is C16H24O8Sn. The van der Waals surface area contributed by atoms with E-state index in [0.29, 0.717) is 24.3 Å². The number of aliphatic carboxylic acids is 4. The van der Waals surface area contributed by atoms with Crippen LogP contribution < -0.4 is 10.2 Å². The van der Waals surface area contributed by atoms with Crippen LogP contribution in [0.3, 0.4) is 0 Å². The summed E-state index contributed by atoms with van der Waals surface area (Å²) in [6, 6.07) is 0.